The van der Waals surface area contributed by atoms with Crippen molar-refractivity contribution >= 4 is 21.7 Å². The normalized spacial score (nSPS) is 16.6. The molecular weight excluding hydrogens is 536 g/mol. The summed E-state index contributed by atoms with van der Waals surface area (Å²) >= 11 is 0. The van der Waals surface area contributed by atoms with E-state index < -0.39 is 9.84 Å². The summed E-state index contributed by atoms with van der Waals surface area (Å²) in [5.41, 5.74) is 3.69. The van der Waals surface area contributed by atoms with Gasteiger partial charge in [0.1, 0.15) is 0 Å². The van der Waals surface area contributed by atoms with Gasteiger partial charge in [-0.25, -0.2) is 13.2 Å². The summed E-state index contributed by atoms with van der Waals surface area (Å²) in [5, 5.41) is 0. The van der Waals surface area contributed by atoms with E-state index in [1.807, 2.05) is 42.2 Å². The zero-order chi connectivity index (χ0) is 29.4. The number of carbonyl (C=O) groups is 2. The molecule has 3 aromatic rings. The summed E-state index contributed by atoms with van der Waals surface area (Å²) in [5.74, 6) is -0.154. The minimum absolute atomic E-state index is 0.0228. The lowest BCUT2D eigenvalue weighted by molar-refractivity contribution is -0.138. The van der Waals surface area contributed by atoms with E-state index in [-0.39, 0.29) is 35.3 Å². The van der Waals surface area contributed by atoms with Crippen LogP contribution in [0.1, 0.15) is 65.6 Å². The molecule has 4 rings (SSSR count). The number of nitrogens with zero attached hydrogens (tertiary/aromatic N) is 2. The van der Waals surface area contributed by atoms with E-state index in [0.29, 0.717) is 12.1 Å². The van der Waals surface area contributed by atoms with Crippen molar-refractivity contribution in [2.75, 3.05) is 33.0 Å². The Bertz CT molecular complexity index is 1410. The second-order valence-corrected chi connectivity index (χ2v) is 12.7. The number of esters is 1. The predicted molar refractivity (Wildman–Crippen MR) is 161 cm³/mol. The molecule has 0 aromatic heterocycles. The first-order valence-corrected chi connectivity index (χ1v) is 16.2. The van der Waals surface area contributed by atoms with Crippen molar-refractivity contribution in [3.63, 3.8) is 0 Å². The number of piperidine rings is 1. The summed E-state index contributed by atoms with van der Waals surface area (Å²) in [7, 11) is -1.89. The molecule has 1 amide bonds. The lowest BCUT2D eigenvalue weighted by Gasteiger charge is -2.43. The zero-order valence-corrected chi connectivity index (χ0v) is 25.0. The first kappa shape index (κ1) is 30.5. The third-order valence-corrected chi connectivity index (χ3v) is 9.08. The van der Waals surface area contributed by atoms with Crippen molar-refractivity contribution in [1.82, 2.24) is 9.80 Å². The summed E-state index contributed by atoms with van der Waals surface area (Å²) < 4.78 is 28.5. The second kappa shape index (κ2) is 13.9. The van der Waals surface area contributed by atoms with Crippen molar-refractivity contribution in [3.05, 3.63) is 101 Å². The average Bonchev–Trinajstić information content (AvgIpc) is 2.98. The predicted octanol–water partition coefficient (Wildman–Crippen LogP) is 5.30. The number of methoxy groups -OCH3 is 1. The Morgan fingerprint density at radius 1 is 0.951 bits per heavy atom. The van der Waals surface area contributed by atoms with Crippen LogP contribution >= 0.6 is 0 Å². The van der Waals surface area contributed by atoms with Crippen LogP contribution in [0.3, 0.4) is 0 Å². The molecule has 1 heterocycles. The molecule has 0 aliphatic carbocycles. The van der Waals surface area contributed by atoms with Crippen molar-refractivity contribution < 1.29 is 22.7 Å². The lowest BCUT2D eigenvalue weighted by atomic mass is 9.87. The van der Waals surface area contributed by atoms with Crippen LogP contribution in [0, 0.1) is 0 Å². The Balaban J connectivity index is 1.49. The molecule has 7 nitrogen and oxygen atoms in total. The van der Waals surface area contributed by atoms with Crippen molar-refractivity contribution in [1.29, 1.82) is 0 Å². The highest BCUT2D eigenvalue weighted by molar-refractivity contribution is 7.90. The molecule has 0 bridgehead atoms. The van der Waals surface area contributed by atoms with E-state index in [9.17, 15) is 18.0 Å². The molecule has 218 valence electrons. The largest absolute Gasteiger partial charge is 0.465 e. The van der Waals surface area contributed by atoms with Crippen LogP contribution in [0.25, 0.3) is 0 Å². The fraction of sp³-hybridized carbons (Fsp3) is 0.394. The first-order valence-electron chi connectivity index (χ1n) is 14.3. The van der Waals surface area contributed by atoms with Crippen LogP contribution in [0.4, 0.5) is 0 Å². The maximum absolute atomic E-state index is 13.5. The standard InChI is InChI=1S/C33H40N2O5S/c1-4-35(32(36)24-25-13-19-29(20-14-25)41(3,38)39)31-12-8-9-22-34(31)23-21-30(26-10-6-5-7-11-26)27-15-17-28(18-16-27)33(37)40-2/h5-7,10-11,13-20,30-31H,4,8-9,12,21-24H2,1-3H3. The van der Waals surface area contributed by atoms with Crippen LogP contribution in [-0.2, 0) is 25.8 Å². The minimum atomic E-state index is -3.28. The number of benzene rings is 3. The Labute approximate surface area is 244 Å². The fourth-order valence-corrected chi connectivity index (χ4v) is 6.38. The number of amides is 1. The molecule has 1 saturated heterocycles. The highest BCUT2D eigenvalue weighted by atomic mass is 32.2. The van der Waals surface area contributed by atoms with E-state index in [0.717, 1.165) is 49.9 Å². The molecule has 2 unspecified atom stereocenters. The van der Waals surface area contributed by atoms with Crippen LogP contribution in [0.2, 0.25) is 0 Å². The summed E-state index contributed by atoms with van der Waals surface area (Å²) in [4.78, 5) is 30.1. The van der Waals surface area contributed by atoms with Gasteiger partial charge in [0.2, 0.25) is 5.91 Å². The quantitative estimate of drug-likeness (QED) is 0.288. The van der Waals surface area contributed by atoms with Crippen LogP contribution < -0.4 is 0 Å². The molecular formula is C33H40N2O5S. The van der Waals surface area contributed by atoms with Gasteiger partial charge in [0.25, 0.3) is 0 Å². The summed E-state index contributed by atoms with van der Waals surface area (Å²) in [6.07, 6.45) is 5.41. The molecule has 0 N–H and O–H groups in total. The van der Waals surface area contributed by atoms with Gasteiger partial charge in [-0.2, -0.15) is 0 Å². The van der Waals surface area contributed by atoms with E-state index in [2.05, 4.69) is 29.2 Å². The monoisotopic (exact) mass is 576 g/mol. The lowest BCUT2D eigenvalue weighted by Crippen LogP contribution is -2.53. The number of hydrogen-bond acceptors (Lipinski definition) is 6. The van der Waals surface area contributed by atoms with Gasteiger partial charge in [-0.05, 0) is 73.6 Å². The van der Waals surface area contributed by atoms with E-state index >= 15 is 0 Å². The van der Waals surface area contributed by atoms with Crippen molar-refractivity contribution in [3.8, 4) is 0 Å². The van der Waals surface area contributed by atoms with E-state index in [1.165, 1.54) is 18.9 Å². The summed E-state index contributed by atoms with van der Waals surface area (Å²) in [6.45, 7) is 4.39. The Morgan fingerprint density at radius 3 is 2.22 bits per heavy atom. The van der Waals surface area contributed by atoms with Gasteiger partial charge >= 0.3 is 5.97 Å². The number of carbonyl (C=O) groups excluding carboxylic acids is 2. The van der Waals surface area contributed by atoms with Gasteiger partial charge in [-0.3, -0.25) is 9.69 Å². The molecule has 1 aliphatic rings. The number of likely N-dealkylation sites (tertiary alicyclic amines) is 1. The number of likely N-dealkylation sites (N-methyl/N-ethyl adjacent to an activating group) is 1. The maximum Gasteiger partial charge on any atom is 0.337 e. The molecule has 0 radical (unpaired) electrons. The molecule has 1 aliphatic heterocycles. The van der Waals surface area contributed by atoms with Crippen molar-refractivity contribution in [2.45, 2.75) is 56.0 Å². The third kappa shape index (κ3) is 7.83. The van der Waals surface area contributed by atoms with Gasteiger partial charge in [0.15, 0.2) is 9.84 Å². The van der Waals surface area contributed by atoms with E-state index in [4.69, 9.17) is 4.74 Å². The molecule has 3 aromatic carbocycles. The SMILES string of the molecule is CCN(C(=O)Cc1ccc(S(C)(=O)=O)cc1)C1CCCCN1CCC(c1ccccc1)c1ccc(C(=O)OC)cc1. The van der Waals surface area contributed by atoms with Gasteiger partial charge < -0.3 is 9.64 Å². The molecule has 0 spiro atoms. The van der Waals surface area contributed by atoms with Crippen LogP contribution in [0.15, 0.2) is 83.8 Å². The van der Waals surface area contributed by atoms with Gasteiger partial charge in [0.05, 0.1) is 30.2 Å². The fourth-order valence-electron chi connectivity index (χ4n) is 5.75. The number of ether oxygens (including phenoxy) is 1. The minimum Gasteiger partial charge on any atom is -0.465 e. The Kier molecular flexibility index (Phi) is 10.3. The van der Waals surface area contributed by atoms with Crippen LogP contribution in [-0.4, -0.2) is 69.3 Å². The topological polar surface area (TPSA) is 84.0 Å². The highest BCUT2D eigenvalue weighted by Crippen LogP contribution is 2.30. The number of hydrogen-bond donors (Lipinski definition) is 0. The number of rotatable bonds is 11. The smallest absolute Gasteiger partial charge is 0.337 e. The highest BCUT2D eigenvalue weighted by Gasteiger charge is 2.31. The van der Waals surface area contributed by atoms with Crippen molar-refractivity contribution in [2.24, 2.45) is 0 Å². The molecule has 41 heavy (non-hydrogen) atoms. The molecule has 2 atom stereocenters. The van der Waals surface area contributed by atoms with Gasteiger partial charge in [-0.1, -0.05) is 54.6 Å². The van der Waals surface area contributed by atoms with Gasteiger partial charge in [0, 0.05) is 31.8 Å². The van der Waals surface area contributed by atoms with Gasteiger partial charge in [-0.15, -0.1) is 0 Å². The molecule has 1 fully saturated rings. The van der Waals surface area contributed by atoms with E-state index in [1.54, 1.807) is 24.3 Å². The Hall–Kier alpha value is -3.49. The Morgan fingerprint density at radius 2 is 1.61 bits per heavy atom. The summed E-state index contributed by atoms with van der Waals surface area (Å²) in [6, 6.07) is 24.7. The first-order chi connectivity index (χ1) is 19.7. The number of sulfone groups is 1. The average molecular weight is 577 g/mol. The second-order valence-electron chi connectivity index (χ2n) is 10.7. The van der Waals surface area contributed by atoms with Crippen LogP contribution in [0.5, 0.6) is 0 Å². The zero-order valence-electron chi connectivity index (χ0n) is 24.2. The maximum atomic E-state index is 13.5. The molecule has 8 heteroatoms. The third-order valence-electron chi connectivity index (χ3n) is 7.95. The molecule has 0 saturated carbocycles.